The molecule has 0 spiro atoms. The highest BCUT2D eigenvalue weighted by Gasteiger charge is 2.36. The van der Waals surface area contributed by atoms with E-state index in [-0.39, 0.29) is 11.5 Å². The molecule has 2 N–H and O–H groups in total. The first-order valence-corrected chi connectivity index (χ1v) is 8.02. The van der Waals surface area contributed by atoms with Gasteiger partial charge in [0.05, 0.1) is 19.3 Å². The van der Waals surface area contributed by atoms with Gasteiger partial charge in [0.25, 0.3) is 5.91 Å². The van der Waals surface area contributed by atoms with Gasteiger partial charge in [-0.05, 0) is 36.5 Å². The number of aromatic nitrogens is 1. The maximum Gasteiger partial charge on any atom is 0.251 e. The van der Waals surface area contributed by atoms with Crippen LogP contribution in [0, 0.1) is 23.4 Å². The molecule has 1 atom stereocenters. The van der Waals surface area contributed by atoms with Gasteiger partial charge in [-0.15, -0.1) is 0 Å². The lowest BCUT2D eigenvalue weighted by Crippen LogP contribution is -2.41. The van der Waals surface area contributed by atoms with Gasteiger partial charge >= 0.3 is 0 Å². The molecule has 0 aliphatic heterocycles. The van der Waals surface area contributed by atoms with Crippen molar-refractivity contribution in [2.75, 3.05) is 7.11 Å². The van der Waals surface area contributed by atoms with E-state index in [1.54, 1.807) is 12.1 Å². The average molecular weight is 366 g/mol. The summed E-state index contributed by atoms with van der Waals surface area (Å²) in [5.74, 6) is -4.90. The Morgan fingerprint density at radius 3 is 2.42 bits per heavy atom. The second kappa shape index (κ2) is 7.33. The molecular weight excluding hydrogens is 349 g/mol. The topological polar surface area (TPSA) is 71.5 Å². The van der Waals surface area contributed by atoms with Crippen molar-refractivity contribution in [1.29, 1.82) is 0 Å². The van der Waals surface area contributed by atoms with Crippen molar-refractivity contribution in [3.63, 3.8) is 0 Å². The molecule has 5 nitrogen and oxygen atoms in total. The minimum absolute atomic E-state index is 0.0562. The maximum absolute atomic E-state index is 13.4. The Kier molecular flexibility index (Phi) is 5.13. The molecule has 1 fully saturated rings. The van der Waals surface area contributed by atoms with Crippen LogP contribution in [0.5, 0.6) is 5.88 Å². The fraction of sp³-hybridized carbons (Fsp3) is 0.333. The highest BCUT2D eigenvalue weighted by molar-refractivity contribution is 5.94. The van der Waals surface area contributed by atoms with Crippen molar-refractivity contribution < 1.29 is 27.8 Å². The van der Waals surface area contributed by atoms with Crippen LogP contribution in [0.2, 0.25) is 0 Å². The van der Waals surface area contributed by atoms with Crippen molar-refractivity contribution in [3.05, 3.63) is 59.0 Å². The fourth-order valence-electron chi connectivity index (χ4n) is 2.98. The number of hydrogen-bond donors (Lipinski definition) is 2. The molecule has 1 aliphatic rings. The van der Waals surface area contributed by atoms with Gasteiger partial charge in [-0.2, -0.15) is 0 Å². The number of pyridine rings is 1. The van der Waals surface area contributed by atoms with E-state index < -0.39 is 35.5 Å². The van der Waals surface area contributed by atoms with Crippen LogP contribution in [-0.2, 0) is 0 Å². The predicted molar refractivity (Wildman–Crippen MR) is 86.0 cm³/mol. The normalized spacial score (nSPS) is 20.2. The fourth-order valence-corrected chi connectivity index (χ4v) is 2.98. The lowest BCUT2D eigenvalue weighted by molar-refractivity contribution is 0.0234. The Morgan fingerprint density at radius 1 is 1.27 bits per heavy atom. The Balaban J connectivity index is 1.84. The molecule has 1 saturated carbocycles. The number of nitrogens with one attached hydrogen (secondary N) is 1. The standard InChI is InChI=1S/C18H17F3N2O3/c1-26-15-3-2-9(8-22-15)17(10-4-12(24)5-10)23-18(25)11-6-13(19)16(21)14(20)7-11/h2-3,6-8,10,12,17,24H,4-5H2,1H3,(H,23,25). The van der Waals surface area contributed by atoms with E-state index in [4.69, 9.17) is 4.74 Å². The number of nitrogens with zero attached hydrogens (tertiary/aromatic N) is 1. The van der Waals surface area contributed by atoms with Gasteiger partial charge in [0, 0.05) is 17.8 Å². The van der Waals surface area contributed by atoms with Crippen molar-refractivity contribution in [2.24, 2.45) is 5.92 Å². The zero-order valence-electron chi connectivity index (χ0n) is 13.9. The molecule has 3 rings (SSSR count). The van der Waals surface area contributed by atoms with E-state index in [2.05, 4.69) is 10.3 Å². The number of aliphatic hydroxyl groups excluding tert-OH is 1. The second-order valence-corrected chi connectivity index (χ2v) is 6.22. The Hall–Kier alpha value is -2.61. The highest BCUT2D eigenvalue weighted by Crippen LogP contribution is 2.38. The SMILES string of the molecule is COc1ccc(C(NC(=O)c2cc(F)c(F)c(F)c2)C2CC(O)C2)cn1. The summed E-state index contributed by atoms with van der Waals surface area (Å²) < 4.78 is 44.8. The number of halogens is 3. The number of aliphatic hydroxyl groups is 1. The summed E-state index contributed by atoms with van der Waals surface area (Å²) in [4.78, 5) is 16.5. The first-order chi connectivity index (χ1) is 12.4. The van der Waals surface area contributed by atoms with Gasteiger partial charge in [-0.25, -0.2) is 18.2 Å². The van der Waals surface area contributed by atoms with E-state index in [1.165, 1.54) is 13.3 Å². The summed E-state index contributed by atoms with van der Waals surface area (Å²) >= 11 is 0. The van der Waals surface area contributed by atoms with Crippen LogP contribution in [-0.4, -0.2) is 29.2 Å². The number of rotatable bonds is 5. The molecule has 1 aliphatic carbocycles. The molecule has 1 aromatic heterocycles. The molecule has 1 amide bonds. The molecule has 26 heavy (non-hydrogen) atoms. The molecule has 1 heterocycles. The second-order valence-electron chi connectivity index (χ2n) is 6.22. The molecule has 0 saturated heterocycles. The van der Waals surface area contributed by atoms with Gasteiger partial charge < -0.3 is 15.2 Å². The Bertz CT molecular complexity index is 785. The molecule has 1 unspecified atom stereocenters. The van der Waals surface area contributed by atoms with Crippen molar-refractivity contribution >= 4 is 5.91 Å². The van der Waals surface area contributed by atoms with Crippen LogP contribution < -0.4 is 10.1 Å². The summed E-state index contributed by atoms with van der Waals surface area (Å²) in [6, 6.07) is 4.12. The smallest absolute Gasteiger partial charge is 0.251 e. The molecule has 1 aromatic carbocycles. The number of amides is 1. The molecule has 0 bridgehead atoms. The van der Waals surface area contributed by atoms with E-state index in [9.17, 15) is 23.1 Å². The first-order valence-electron chi connectivity index (χ1n) is 8.02. The predicted octanol–water partition coefficient (Wildman–Crippen LogP) is 2.75. The number of methoxy groups -OCH3 is 1. The van der Waals surface area contributed by atoms with Crippen LogP contribution >= 0.6 is 0 Å². The third-order valence-electron chi connectivity index (χ3n) is 4.48. The van der Waals surface area contributed by atoms with Crippen LogP contribution in [0.4, 0.5) is 13.2 Å². The highest BCUT2D eigenvalue weighted by atomic mass is 19.2. The molecule has 0 radical (unpaired) electrons. The zero-order valence-corrected chi connectivity index (χ0v) is 13.9. The number of ether oxygens (including phenoxy) is 1. The van der Waals surface area contributed by atoms with Crippen LogP contribution in [0.15, 0.2) is 30.5 Å². The monoisotopic (exact) mass is 366 g/mol. The van der Waals surface area contributed by atoms with Gasteiger partial charge in [0.15, 0.2) is 17.5 Å². The lowest BCUT2D eigenvalue weighted by Gasteiger charge is -2.38. The summed E-state index contributed by atoms with van der Waals surface area (Å²) in [5.41, 5.74) is 0.340. The zero-order chi connectivity index (χ0) is 18.8. The van der Waals surface area contributed by atoms with Gasteiger partial charge in [0.2, 0.25) is 5.88 Å². The summed E-state index contributed by atoms with van der Waals surface area (Å²) in [5, 5.41) is 12.3. The quantitative estimate of drug-likeness (QED) is 0.799. The van der Waals surface area contributed by atoms with Crippen LogP contribution in [0.25, 0.3) is 0 Å². The third kappa shape index (κ3) is 3.65. The van der Waals surface area contributed by atoms with Crippen molar-refractivity contribution in [1.82, 2.24) is 10.3 Å². The largest absolute Gasteiger partial charge is 0.481 e. The molecule has 2 aromatic rings. The van der Waals surface area contributed by atoms with Gasteiger partial charge in [0.1, 0.15) is 0 Å². The molecule has 8 heteroatoms. The van der Waals surface area contributed by atoms with Gasteiger partial charge in [-0.3, -0.25) is 4.79 Å². The molecular formula is C18H17F3N2O3. The van der Waals surface area contributed by atoms with Crippen LogP contribution in [0.1, 0.15) is 34.8 Å². The van der Waals surface area contributed by atoms with E-state index >= 15 is 0 Å². The number of hydrogen-bond acceptors (Lipinski definition) is 4. The maximum atomic E-state index is 13.4. The minimum Gasteiger partial charge on any atom is -0.481 e. The molecule has 138 valence electrons. The van der Waals surface area contributed by atoms with Crippen molar-refractivity contribution in [3.8, 4) is 5.88 Å². The van der Waals surface area contributed by atoms with Crippen molar-refractivity contribution in [2.45, 2.75) is 25.0 Å². The Labute approximate surface area is 147 Å². The summed E-state index contributed by atoms with van der Waals surface area (Å²) in [6.07, 6.45) is 2.03. The van der Waals surface area contributed by atoms with Gasteiger partial charge in [-0.1, -0.05) is 6.07 Å². The average Bonchev–Trinajstić information content (AvgIpc) is 2.61. The number of carbonyl (C=O) groups excluding carboxylic acids is 1. The number of carbonyl (C=O) groups is 1. The summed E-state index contributed by atoms with van der Waals surface area (Å²) in [6.45, 7) is 0. The lowest BCUT2D eigenvalue weighted by atomic mass is 9.75. The van der Waals surface area contributed by atoms with E-state index in [0.717, 1.165) is 0 Å². The summed E-state index contributed by atoms with van der Waals surface area (Å²) in [7, 11) is 1.47. The van der Waals surface area contributed by atoms with E-state index in [1.807, 2.05) is 0 Å². The van der Waals surface area contributed by atoms with E-state index in [0.29, 0.717) is 36.4 Å². The minimum atomic E-state index is -1.63. The third-order valence-corrected chi connectivity index (χ3v) is 4.48. The number of benzene rings is 1. The first kappa shape index (κ1) is 18.2. The van der Waals surface area contributed by atoms with Crippen LogP contribution in [0.3, 0.4) is 0 Å². The Morgan fingerprint density at radius 2 is 1.92 bits per heavy atom.